The maximum absolute atomic E-state index is 12.8. The summed E-state index contributed by atoms with van der Waals surface area (Å²) in [6, 6.07) is 15.3. The van der Waals surface area contributed by atoms with Gasteiger partial charge in [-0.15, -0.1) is 10.2 Å². The smallest absolute Gasteiger partial charge is 0.235 e. The van der Waals surface area contributed by atoms with E-state index in [1.165, 1.54) is 23.1 Å². The van der Waals surface area contributed by atoms with E-state index in [-0.39, 0.29) is 17.6 Å². The van der Waals surface area contributed by atoms with Crippen LogP contribution in [-0.2, 0) is 4.79 Å². The quantitative estimate of drug-likeness (QED) is 0.566. The molecule has 4 rings (SSSR count). The van der Waals surface area contributed by atoms with Gasteiger partial charge in [0.1, 0.15) is 11.6 Å². The maximum Gasteiger partial charge on any atom is 0.235 e. The van der Waals surface area contributed by atoms with Gasteiger partial charge in [-0.2, -0.15) is 0 Å². The van der Waals surface area contributed by atoms with Gasteiger partial charge >= 0.3 is 0 Å². The first kappa shape index (κ1) is 21.0. The Morgan fingerprint density at radius 1 is 1.13 bits per heavy atom. The van der Waals surface area contributed by atoms with E-state index in [1.54, 1.807) is 7.11 Å². The number of aliphatic imine (C=N–C) groups is 2. The molecule has 31 heavy (non-hydrogen) atoms. The molecule has 0 saturated heterocycles. The predicted octanol–water partition coefficient (Wildman–Crippen LogP) is 3.96. The van der Waals surface area contributed by atoms with E-state index in [2.05, 4.69) is 15.5 Å². The topological polar surface area (TPSA) is 115 Å². The molecule has 10 heteroatoms. The Morgan fingerprint density at radius 2 is 1.84 bits per heavy atom. The zero-order valence-electron chi connectivity index (χ0n) is 16.9. The van der Waals surface area contributed by atoms with Crippen molar-refractivity contribution in [2.45, 2.75) is 17.2 Å². The second kappa shape index (κ2) is 9.27. The number of nitrogens with two attached hydrogens (primary N) is 1. The number of nitrogens with zero attached hydrogens (tertiary/aromatic N) is 4. The van der Waals surface area contributed by atoms with Gasteiger partial charge in [-0.05, 0) is 36.8 Å². The second-order valence-corrected chi connectivity index (χ2v) is 8.92. The number of amides is 1. The standard InChI is InChI=1S/C21H20N6O2S2/c1-12-18(13-7-9-14(29-2)10-8-13)19(24-16-6-4-3-5-15(16)23-12)25-17(28)11-30-21-27-26-20(22)31-21/h3-10,18H,11H2,1-2H3,(H2,22,26)(H,24,25,28). The van der Waals surface area contributed by atoms with Crippen LogP contribution in [0.5, 0.6) is 5.75 Å². The normalized spacial score (nSPS) is 15.4. The fourth-order valence-electron chi connectivity index (χ4n) is 3.18. The van der Waals surface area contributed by atoms with Crippen LogP contribution in [0.25, 0.3) is 0 Å². The number of ether oxygens (including phenoxy) is 1. The summed E-state index contributed by atoms with van der Waals surface area (Å²) in [6.45, 7) is 1.94. The average Bonchev–Trinajstić information content (AvgIpc) is 3.13. The second-order valence-electron chi connectivity index (χ2n) is 6.69. The van der Waals surface area contributed by atoms with Crippen molar-refractivity contribution in [2.24, 2.45) is 9.98 Å². The molecule has 1 unspecified atom stereocenters. The SMILES string of the molecule is COc1ccc(C2C(C)=Nc3ccccc3N=C2NC(=O)CSc2nnc(N)s2)cc1. The molecule has 0 bridgehead atoms. The van der Waals surface area contributed by atoms with E-state index >= 15 is 0 Å². The molecule has 1 aliphatic rings. The predicted molar refractivity (Wildman–Crippen MR) is 125 cm³/mol. The number of hydrogen-bond donors (Lipinski definition) is 2. The number of para-hydroxylation sites is 2. The number of fused-ring (bicyclic) bond motifs is 1. The van der Waals surface area contributed by atoms with Crippen LogP contribution >= 0.6 is 23.1 Å². The first-order chi connectivity index (χ1) is 15.0. The van der Waals surface area contributed by atoms with Crippen molar-refractivity contribution in [3.63, 3.8) is 0 Å². The summed E-state index contributed by atoms with van der Waals surface area (Å²) in [6.07, 6.45) is 0. The lowest BCUT2D eigenvalue weighted by Crippen LogP contribution is -2.38. The van der Waals surface area contributed by atoms with E-state index in [1.807, 2.05) is 55.5 Å². The molecule has 0 aliphatic carbocycles. The number of methoxy groups -OCH3 is 1. The number of benzene rings is 2. The van der Waals surface area contributed by atoms with Crippen molar-refractivity contribution in [1.82, 2.24) is 15.5 Å². The fraction of sp³-hybridized carbons (Fsp3) is 0.190. The van der Waals surface area contributed by atoms with Crippen LogP contribution in [0.15, 0.2) is 62.9 Å². The summed E-state index contributed by atoms with van der Waals surface area (Å²) in [7, 11) is 1.63. The molecule has 1 amide bonds. The largest absolute Gasteiger partial charge is 0.497 e. The third-order valence-corrected chi connectivity index (χ3v) is 6.46. The number of aromatic nitrogens is 2. The maximum atomic E-state index is 12.8. The number of carbonyl (C=O) groups excluding carboxylic acids is 1. The number of thioether (sulfide) groups is 1. The monoisotopic (exact) mass is 452 g/mol. The average molecular weight is 453 g/mol. The molecule has 0 spiro atoms. The Kier molecular flexibility index (Phi) is 6.28. The number of anilines is 1. The summed E-state index contributed by atoms with van der Waals surface area (Å²) in [4.78, 5) is 22.3. The van der Waals surface area contributed by atoms with Crippen LogP contribution in [0.4, 0.5) is 16.5 Å². The molecule has 1 aliphatic heterocycles. The van der Waals surface area contributed by atoms with Gasteiger partial charge in [0.05, 0.1) is 30.2 Å². The lowest BCUT2D eigenvalue weighted by atomic mass is 9.93. The van der Waals surface area contributed by atoms with Gasteiger partial charge in [0.2, 0.25) is 11.0 Å². The highest BCUT2D eigenvalue weighted by Gasteiger charge is 2.26. The summed E-state index contributed by atoms with van der Waals surface area (Å²) in [5, 5.41) is 11.1. The molecule has 2 aromatic carbocycles. The summed E-state index contributed by atoms with van der Waals surface area (Å²) in [5.41, 5.74) is 8.87. The van der Waals surface area contributed by atoms with E-state index < -0.39 is 0 Å². The molecular weight excluding hydrogens is 432 g/mol. The summed E-state index contributed by atoms with van der Waals surface area (Å²) >= 11 is 2.53. The summed E-state index contributed by atoms with van der Waals surface area (Å²) in [5.74, 6) is 0.956. The van der Waals surface area contributed by atoms with Crippen molar-refractivity contribution in [3.05, 3.63) is 54.1 Å². The minimum atomic E-state index is -0.301. The zero-order valence-corrected chi connectivity index (χ0v) is 18.5. The Hall–Kier alpha value is -3.24. The van der Waals surface area contributed by atoms with Gasteiger partial charge in [-0.25, -0.2) is 4.99 Å². The van der Waals surface area contributed by atoms with E-state index in [4.69, 9.17) is 20.5 Å². The number of nitrogens with one attached hydrogen (secondary N) is 1. The Labute approximate surface area is 187 Å². The minimum absolute atomic E-state index is 0.167. The van der Waals surface area contributed by atoms with E-state index in [0.717, 1.165) is 22.7 Å². The summed E-state index contributed by atoms with van der Waals surface area (Å²) < 4.78 is 5.92. The van der Waals surface area contributed by atoms with E-state index in [0.29, 0.717) is 21.0 Å². The number of hydrogen-bond acceptors (Lipinski definition) is 9. The van der Waals surface area contributed by atoms with Crippen molar-refractivity contribution in [3.8, 4) is 5.75 Å². The highest BCUT2D eigenvalue weighted by Crippen LogP contribution is 2.34. The highest BCUT2D eigenvalue weighted by atomic mass is 32.2. The lowest BCUT2D eigenvalue weighted by molar-refractivity contribution is -0.117. The molecule has 0 saturated carbocycles. The van der Waals surface area contributed by atoms with Crippen LogP contribution in [0, 0.1) is 0 Å². The first-order valence-corrected chi connectivity index (χ1v) is 11.2. The highest BCUT2D eigenvalue weighted by molar-refractivity contribution is 8.01. The molecular formula is C21H20N6O2S2. The molecule has 158 valence electrons. The number of carbonyl (C=O) groups is 1. The van der Waals surface area contributed by atoms with Gasteiger partial charge < -0.3 is 15.8 Å². The number of amidine groups is 1. The van der Waals surface area contributed by atoms with Crippen LogP contribution in [0.2, 0.25) is 0 Å². The molecule has 8 nitrogen and oxygen atoms in total. The van der Waals surface area contributed by atoms with Gasteiger partial charge in [0, 0.05) is 5.71 Å². The number of rotatable bonds is 5. The molecule has 0 fully saturated rings. The number of nitrogen functional groups attached to an aromatic ring is 1. The van der Waals surface area contributed by atoms with Crippen molar-refractivity contribution in [1.29, 1.82) is 0 Å². The molecule has 3 aromatic rings. The molecule has 2 heterocycles. The Bertz CT molecular complexity index is 1160. The molecule has 1 atom stereocenters. The van der Waals surface area contributed by atoms with Crippen LogP contribution < -0.4 is 15.8 Å². The minimum Gasteiger partial charge on any atom is -0.497 e. The van der Waals surface area contributed by atoms with Crippen LogP contribution in [-0.4, -0.2) is 40.5 Å². The Balaban J connectivity index is 1.63. The fourth-order valence-corrected chi connectivity index (χ4v) is 4.62. The molecule has 1 aromatic heterocycles. The zero-order chi connectivity index (χ0) is 21.8. The van der Waals surface area contributed by atoms with Gasteiger partial charge in [0.25, 0.3) is 0 Å². The van der Waals surface area contributed by atoms with Crippen LogP contribution in [0.1, 0.15) is 18.4 Å². The van der Waals surface area contributed by atoms with Gasteiger partial charge in [-0.3, -0.25) is 9.79 Å². The van der Waals surface area contributed by atoms with Crippen molar-refractivity contribution >= 4 is 57.1 Å². The van der Waals surface area contributed by atoms with E-state index in [9.17, 15) is 4.79 Å². The van der Waals surface area contributed by atoms with Crippen molar-refractivity contribution < 1.29 is 9.53 Å². The van der Waals surface area contributed by atoms with Gasteiger partial charge in [-0.1, -0.05) is 47.4 Å². The van der Waals surface area contributed by atoms with Crippen LogP contribution in [0.3, 0.4) is 0 Å². The lowest BCUT2D eigenvalue weighted by Gasteiger charge is -2.19. The molecule has 0 radical (unpaired) electrons. The first-order valence-electron chi connectivity index (χ1n) is 9.42. The molecule has 3 N–H and O–H groups in total. The van der Waals surface area contributed by atoms with Gasteiger partial charge in [0.15, 0.2) is 4.34 Å². The third kappa shape index (κ3) is 4.92. The third-order valence-electron chi connectivity index (χ3n) is 4.58. The van der Waals surface area contributed by atoms with Crippen molar-refractivity contribution in [2.75, 3.05) is 18.6 Å². The Morgan fingerprint density at radius 3 is 2.48 bits per heavy atom.